The second kappa shape index (κ2) is 11.4. The van der Waals surface area contributed by atoms with Crippen LogP contribution in [0.15, 0.2) is 152 Å². The number of hydrogen-bond donors (Lipinski definition) is 0. The van der Waals surface area contributed by atoms with Crippen molar-refractivity contribution in [3.05, 3.63) is 168 Å². The number of aromatic nitrogens is 2. The van der Waals surface area contributed by atoms with Gasteiger partial charge in [-0.25, -0.2) is 0 Å². The van der Waals surface area contributed by atoms with Crippen LogP contribution in [-0.2, 0) is 0 Å². The van der Waals surface area contributed by atoms with E-state index < -0.39 is 0 Å². The molecule has 0 bridgehead atoms. The van der Waals surface area contributed by atoms with Gasteiger partial charge < -0.3 is 9.13 Å². The van der Waals surface area contributed by atoms with Gasteiger partial charge in [0.2, 0.25) is 0 Å². The lowest BCUT2D eigenvalue weighted by Gasteiger charge is -2.16. The van der Waals surface area contributed by atoms with Gasteiger partial charge in [-0.2, -0.15) is 15.8 Å². The van der Waals surface area contributed by atoms with E-state index in [1.54, 1.807) is 6.07 Å². The van der Waals surface area contributed by atoms with Crippen LogP contribution in [0.4, 0.5) is 0 Å². The molecule has 0 aliphatic carbocycles. The van der Waals surface area contributed by atoms with Crippen LogP contribution in [0.5, 0.6) is 0 Å². The number of para-hydroxylation sites is 3. The Morgan fingerprint density at radius 3 is 1.74 bits per heavy atom. The van der Waals surface area contributed by atoms with E-state index in [1.807, 2.05) is 48.5 Å². The summed E-state index contributed by atoms with van der Waals surface area (Å²) in [4.78, 5) is 0. The first-order valence-corrected chi connectivity index (χ1v) is 16.3. The summed E-state index contributed by atoms with van der Waals surface area (Å²) in [5.41, 5.74) is 11.5. The molecule has 0 aliphatic rings. The van der Waals surface area contributed by atoms with E-state index >= 15 is 0 Å². The lowest BCUT2D eigenvalue weighted by Crippen LogP contribution is -1.99. The SMILES string of the molecule is N#Cc1ccc(-n2c3ccc(C#N)cc3c3cccc(C#N)c32)c(-c2ccc(-c3cccc(-n4c5ccccc5c5ccccc54)c3)cc2)c1. The van der Waals surface area contributed by atoms with E-state index in [9.17, 15) is 15.8 Å². The van der Waals surface area contributed by atoms with Crippen molar-refractivity contribution in [3.63, 3.8) is 0 Å². The molecule has 9 rings (SSSR count). The molecule has 5 heteroatoms. The zero-order chi connectivity index (χ0) is 33.8. The van der Waals surface area contributed by atoms with E-state index in [2.05, 4.69) is 124 Å². The third-order valence-corrected chi connectivity index (χ3v) is 9.62. The first-order chi connectivity index (χ1) is 24.7. The van der Waals surface area contributed by atoms with Gasteiger partial charge in [-0.15, -0.1) is 0 Å². The van der Waals surface area contributed by atoms with Gasteiger partial charge in [0.15, 0.2) is 0 Å². The normalized spacial score (nSPS) is 11.1. The molecule has 5 nitrogen and oxygen atoms in total. The van der Waals surface area contributed by atoms with Gasteiger partial charge >= 0.3 is 0 Å². The summed E-state index contributed by atoms with van der Waals surface area (Å²) in [7, 11) is 0. The Labute approximate surface area is 287 Å². The van der Waals surface area contributed by atoms with Crippen molar-refractivity contribution in [1.82, 2.24) is 9.13 Å². The number of nitriles is 3. The summed E-state index contributed by atoms with van der Waals surface area (Å²) < 4.78 is 4.41. The van der Waals surface area contributed by atoms with Crippen molar-refractivity contribution in [1.29, 1.82) is 15.8 Å². The van der Waals surface area contributed by atoms with Crippen LogP contribution in [0.3, 0.4) is 0 Å². The molecule has 9 aromatic rings. The Morgan fingerprint density at radius 2 is 1.02 bits per heavy atom. The molecule has 0 aliphatic heterocycles. The van der Waals surface area contributed by atoms with Crippen LogP contribution in [0.25, 0.3) is 77.2 Å². The number of benzene rings is 7. The van der Waals surface area contributed by atoms with E-state index in [-0.39, 0.29) is 0 Å². The summed E-state index contributed by atoms with van der Waals surface area (Å²) in [6, 6.07) is 57.9. The summed E-state index contributed by atoms with van der Waals surface area (Å²) in [5.74, 6) is 0. The van der Waals surface area contributed by atoms with Crippen LogP contribution in [0, 0.1) is 34.0 Å². The Bertz CT molecular complexity index is 2900. The van der Waals surface area contributed by atoms with Crippen LogP contribution >= 0.6 is 0 Å². The van der Waals surface area contributed by atoms with E-state index in [0.717, 1.165) is 55.4 Å². The molecule has 50 heavy (non-hydrogen) atoms. The summed E-state index contributed by atoms with van der Waals surface area (Å²) in [6.07, 6.45) is 0. The smallest absolute Gasteiger partial charge is 0.101 e. The van der Waals surface area contributed by atoms with E-state index in [4.69, 9.17) is 0 Å². The first-order valence-electron chi connectivity index (χ1n) is 16.3. The van der Waals surface area contributed by atoms with Crippen molar-refractivity contribution in [2.24, 2.45) is 0 Å². The third-order valence-electron chi connectivity index (χ3n) is 9.62. The van der Waals surface area contributed by atoms with Crippen molar-refractivity contribution in [3.8, 4) is 51.8 Å². The molecule has 0 radical (unpaired) electrons. The molecule has 0 fully saturated rings. The quantitative estimate of drug-likeness (QED) is 0.193. The molecular weight excluding hydrogens is 611 g/mol. The molecule has 0 saturated carbocycles. The maximum atomic E-state index is 10.2. The van der Waals surface area contributed by atoms with Crippen molar-refractivity contribution in [2.45, 2.75) is 0 Å². The van der Waals surface area contributed by atoms with Gasteiger partial charge in [-0.1, -0.05) is 84.9 Å². The Morgan fingerprint density at radius 1 is 0.400 bits per heavy atom. The molecule has 2 aromatic heterocycles. The topological polar surface area (TPSA) is 81.2 Å². The van der Waals surface area contributed by atoms with Crippen LogP contribution < -0.4 is 0 Å². The molecule has 7 aromatic carbocycles. The second-order valence-electron chi connectivity index (χ2n) is 12.3. The maximum absolute atomic E-state index is 10.2. The monoisotopic (exact) mass is 635 g/mol. The second-order valence-corrected chi connectivity index (χ2v) is 12.3. The average molecular weight is 636 g/mol. The van der Waals surface area contributed by atoms with Crippen molar-refractivity contribution >= 4 is 43.6 Å². The fourth-order valence-corrected chi connectivity index (χ4v) is 7.38. The highest BCUT2D eigenvalue weighted by atomic mass is 15.0. The Kier molecular flexibility index (Phi) is 6.56. The standard InChI is InChI=1S/C45H25N5/c46-26-29-15-21-43(50-44-22-16-30(27-47)24-40(44)38-12-6-8-34(28-48)45(38)50)39(23-29)32-19-17-31(18-20-32)33-7-5-9-35(25-33)49-41-13-3-1-10-36(41)37-11-2-4-14-42(37)49/h1-25H. The molecule has 0 atom stereocenters. The predicted molar refractivity (Wildman–Crippen MR) is 200 cm³/mol. The van der Waals surface area contributed by atoms with E-state index in [0.29, 0.717) is 16.7 Å². The van der Waals surface area contributed by atoms with E-state index in [1.165, 1.54) is 21.8 Å². The van der Waals surface area contributed by atoms with Gasteiger partial charge in [-0.05, 0) is 83.4 Å². The van der Waals surface area contributed by atoms with Crippen molar-refractivity contribution < 1.29 is 0 Å². The largest absolute Gasteiger partial charge is 0.309 e. The number of fused-ring (bicyclic) bond motifs is 6. The highest BCUT2D eigenvalue weighted by molar-refractivity contribution is 6.12. The molecule has 2 heterocycles. The molecular formula is C45H25N5. The van der Waals surface area contributed by atoms with Crippen molar-refractivity contribution in [2.75, 3.05) is 0 Å². The minimum atomic E-state index is 0.533. The summed E-state index contributed by atoms with van der Waals surface area (Å²) in [6.45, 7) is 0. The van der Waals surface area contributed by atoms with Gasteiger partial charge in [0.25, 0.3) is 0 Å². The van der Waals surface area contributed by atoms with Crippen LogP contribution in [0.2, 0.25) is 0 Å². The zero-order valence-electron chi connectivity index (χ0n) is 26.7. The zero-order valence-corrected chi connectivity index (χ0v) is 26.7. The summed E-state index contributed by atoms with van der Waals surface area (Å²) in [5, 5.41) is 34.0. The molecule has 0 N–H and O–H groups in total. The fourth-order valence-electron chi connectivity index (χ4n) is 7.38. The Balaban J connectivity index is 1.19. The molecule has 0 spiro atoms. The number of nitrogens with zero attached hydrogens (tertiary/aromatic N) is 5. The number of hydrogen-bond acceptors (Lipinski definition) is 3. The maximum Gasteiger partial charge on any atom is 0.101 e. The van der Waals surface area contributed by atoms with Gasteiger partial charge in [0, 0.05) is 32.8 Å². The molecule has 0 saturated heterocycles. The minimum Gasteiger partial charge on any atom is -0.309 e. The molecule has 0 unspecified atom stereocenters. The summed E-state index contributed by atoms with van der Waals surface area (Å²) >= 11 is 0. The minimum absolute atomic E-state index is 0.533. The third kappa shape index (κ3) is 4.38. The van der Waals surface area contributed by atoms with Gasteiger partial charge in [0.1, 0.15) is 6.07 Å². The average Bonchev–Trinajstić information content (AvgIpc) is 3.70. The van der Waals surface area contributed by atoms with Gasteiger partial charge in [-0.3, -0.25) is 0 Å². The lowest BCUT2D eigenvalue weighted by atomic mass is 9.97. The Hall–Kier alpha value is -7.39. The fraction of sp³-hybridized carbons (Fsp3) is 0. The first kappa shape index (κ1) is 28.8. The number of rotatable bonds is 4. The van der Waals surface area contributed by atoms with Crippen LogP contribution in [-0.4, -0.2) is 9.13 Å². The molecule has 230 valence electrons. The van der Waals surface area contributed by atoms with Gasteiger partial charge in [0.05, 0.1) is 56.6 Å². The lowest BCUT2D eigenvalue weighted by molar-refractivity contribution is 1.17. The predicted octanol–water partition coefficient (Wildman–Crippen LogP) is 10.8. The van der Waals surface area contributed by atoms with Crippen LogP contribution in [0.1, 0.15) is 16.7 Å². The highest BCUT2D eigenvalue weighted by Gasteiger charge is 2.19. The molecule has 0 amide bonds. The highest BCUT2D eigenvalue weighted by Crippen LogP contribution is 2.39.